The van der Waals surface area contributed by atoms with Crippen molar-refractivity contribution in [1.82, 2.24) is 35.4 Å². The number of likely N-dealkylation sites (tertiary alicyclic amines) is 1. The topological polar surface area (TPSA) is 98.1 Å². The van der Waals surface area contributed by atoms with Crippen molar-refractivity contribution in [2.75, 3.05) is 20.2 Å². The molecule has 1 aliphatic heterocycles. The molecule has 10 heteroatoms. The monoisotopic (exact) mass is 377 g/mol. The highest BCUT2D eigenvalue weighted by Gasteiger charge is 2.42. The smallest absolute Gasteiger partial charge is 0.242 e. The van der Waals surface area contributed by atoms with Gasteiger partial charge in [0.25, 0.3) is 0 Å². The van der Waals surface area contributed by atoms with E-state index in [9.17, 15) is 4.79 Å². The third-order valence-electron chi connectivity index (χ3n) is 5.38. The Balaban J connectivity index is 1.34. The number of fused-ring (bicyclic) bond motifs is 1. The number of thiazole rings is 1. The normalized spacial score (nSPS) is 28.8. The Morgan fingerprint density at radius 2 is 2.23 bits per heavy atom. The Labute approximate surface area is 155 Å². The maximum Gasteiger partial charge on any atom is 0.242 e. The van der Waals surface area contributed by atoms with E-state index in [1.54, 1.807) is 18.4 Å². The van der Waals surface area contributed by atoms with Crippen LogP contribution in [0, 0.1) is 11.8 Å². The molecule has 0 radical (unpaired) electrons. The molecule has 2 aromatic heterocycles. The SMILES string of the molecule is CO[C@H]1C[C@@H]2CN(Cc3nccs3)C[C@@H]2C[C@@H]1NC(=O)Cn1cnnn1. The molecular weight excluding hydrogens is 354 g/mol. The second-order valence-corrected chi connectivity index (χ2v) is 8.05. The first kappa shape index (κ1) is 17.5. The molecule has 26 heavy (non-hydrogen) atoms. The van der Waals surface area contributed by atoms with Crippen LogP contribution in [-0.2, 0) is 22.6 Å². The number of amides is 1. The number of nitrogens with zero attached hydrogens (tertiary/aromatic N) is 6. The highest BCUT2D eigenvalue weighted by molar-refractivity contribution is 7.09. The average Bonchev–Trinajstić information content (AvgIpc) is 3.36. The van der Waals surface area contributed by atoms with Crippen LogP contribution in [0.2, 0.25) is 0 Å². The van der Waals surface area contributed by atoms with Gasteiger partial charge in [-0.15, -0.1) is 16.4 Å². The minimum atomic E-state index is -0.0829. The van der Waals surface area contributed by atoms with Gasteiger partial charge in [0.1, 0.15) is 17.9 Å². The number of carbonyl (C=O) groups excluding carboxylic acids is 1. The van der Waals surface area contributed by atoms with Crippen molar-refractivity contribution in [2.45, 2.75) is 38.1 Å². The van der Waals surface area contributed by atoms with Crippen LogP contribution < -0.4 is 5.32 Å². The number of ether oxygens (including phenoxy) is 1. The van der Waals surface area contributed by atoms with E-state index in [1.807, 2.05) is 11.6 Å². The average molecular weight is 377 g/mol. The van der Waals surface area contributed by atoms with E-state index in [0.717, 1.165) is 32.5 Å². The molecule has 4 atom stereocenters. The van der Waals surface area contributed by atoms with Crippen LogP contribution in [0.1, 0.15) is 17.8 Å². The highest BCUT2D eigenvalue weighted by atomic mass is 32.1. The fraction of sp³-hybridized carbons (Fsp3) is 0.688. The number of carbonyl (C=O) groups is 1. The number of methoxy groups -OCH3 is 1. The number of rotatable bonds is 6. The molecule has 1 saturated heterocycles. The summed E-state index contributed by atoms with van der Waals surface area (Å²) in [6.45, 7) is 3.18. The zero-order chi connectivity index (χ0) is 17.9. The first-order chi connectivity index (χ1) is 12.7. The maximum absolute atomic E-state index is 12.3. The van der Waals surface area contributed by atoms with Crippen LogP contribution in [0.4, 0.5) is 0 Å². The van der Waals surface area contributed by atoms with Crippen LogP contribution in [0.25, 0.3) is 0 Å². The zero-order valence-corrected chi connectivity index (χ0v) is 15.5. The molecule has 140 valence electrons. The molecule has 0 bridgehead atoms. The molecule has 0 aromatic carbocycles. The van der Waals surface area contributed by atoms with E-state index >= 15 is 0 Å². The highest BCUT2D eigenvalue weighted by Crippen LogP contribution is 2.38. The summed E-state index contributed by atoms with van der Waals surface area (Å²) in [6.07, 6.45) is 5.27. The van der Waals surface area contributed by atoms with Crippen LogP contribution in [0.3, 0.4) is 0 Å². The Morgan fingerprint density at radius 1 is 1.38 bits per heavy atom. The van der Waals surface area contributed by atoms with Crippen molar-refractivity contribution in [1.29, 1.82) is 0 Å². The van der Waals surface area contributed by atoms with Crippen LogP contribution in [0.5, 0.6) is 0 Å². The third-order valence-corrected chi connectivity index (χ3v) is 6.15. The van der Waals surface area contributed by atoms with Gasteiger partial charge in [0.15, 0.2) is 0 Å². The molecule has 4 rings (SSSR count). The Morgan fingerprint density at radius 3 is 2.92 bits per heavy atom. The molecule has 3 heterocycles. The number of tetrazole rings is 1. The van der Waals surface area contributed by atoms with Gasteiger partial charge >= 0.3 is 0 Å². The summed E-state index contributed by atoms with van der Waals surface area (Å²) >= 11 is 1.71. The largest absolute Gasteiger partial charge is 0.379 e. The molecule has 9 nitrogen and oxygen atoms in total. The summed E-state index contributed by atoms with van der Waals surface area (Å²) in [4.78, 5) is 19.2. The lowest BCUT2D eigenvalue weighted by Crippen LogP contribution is -2.50. The van der Waals surface area contributed by atoms with E-state index in [-0.39, 0.29) is 24.6 Å². The molecule has 1 amide bonds. The van der Waals surface area contributed by atoms with Crippen molar-refractivity contribution in [3.8, 4) is 0 Å². The van der Waals surface area contributed by atoms with Crippen molar-refractivity contribution in [2.24, 2.45) is 11.8 Å². The first-order valence-electron chi connectivity index (χ1n) is 8.85. The van der Waals surface area contributed by atoms with Gasteiger partial charge in [-0.1, -0.05) is 0 Å². The minimum absolute atomic E-state index is 0.0324. The second kappa shape index (κ2) is 7.77. The van der Waals surface area contributed by atoms with Crippen molar-refractivity contribution in [3.63, 3.8) is 0 Å². The maximum atomic E-state index is 12.3. The molecule has 1 N–H and O–H groups in total. The molecule has 2 aromatic rings. The lowest BCUT2D eigenvalue weighted by Gasteiger charge is -2.37. The molecule has 0 spiro atoms. The standard InChI is InChI=1S/C16H23N7O2S/c1-25-14-5-12-7-22(9-16-17-2-3-26-16)6-11(12)4-13(14)19-15(24)8-23-10-18-20-21-23/h2-3,10-14H,4-9H2,1H3,(H,19,24)/t11-,12+,13-,14-/m0/s1. The van der Waals surface area contributed by atoms with Gasteiger partial charge in [0.05, 0.1) is 18.7 Å². The van der Waals surface area contributed by atoms with E-state index in [1.165, 1.54) is 16.0 Å². The number of hydrogen-bond donors (Lipinski definition) is 1. The predicted molar refractivity (Wildman–Crippen MR) is 94.1 cm³/mol. The van der Waals surface area contributed by atoms with Gasteiger partial charge in [0, 0.05) is 31.8 Å². The number of aromatic nitrogens is 5. The Hall–Kier alpha value is -1.91. The number of hydrogen-bond acceptors (Lipinski definition) is 8. The third kappa shape index (κ3) is 3.92. The van der Waals surface area contributed by atoms with Gasteiger partial charge in [-0.25, -0.2) is 9.67 Å². The van der Waals surface area contributed by atoms with Gasteiger partial charge < -0.3 is 10.1 Å². The van der Waals surface area contributed by atoms with Gasteiger partial charge in [-0.3, -0.25) is 9.69 Å². The van der Waals surface area contributed by atoms with E-state index < -0.39 is 0 Å². The zero-order valence-electron chi connectivity index (χ0n) is 14.7. The minimum Gasteiger partial charge on any atom is -0.379 e. The van der Waals surface area contributed by atoms with E-state index in [2.05, 4.69) is 30.7 Å². The molecule has 2 aliphatic rings. The van der Waals surface area contributed by atoms with Gasteiger partial charge in [-0.2, -0.15) is 0 Å². The molecule has 2 fully saturated rings. The molecule has 1 saturated carbocycles. The number of nitrogens with one attached hydrogen (secondary N) is 1. The molecule has 0 unspecified atom stereocenters. The quantitative estimate of drug-likeness (QED) is 0.766. The summed E-state index contributed by atoms with van der Waals surface area (Å²) in [5, 5.41) is 17.2. The van der Waals surface area contributed by atoms with E-state index in [4.69, 9.17) is 4.74 Å². The summed E-state index contributed by atoms with van der Waals surface area (Å²) in [7, 11) is 1.73. The van der Waals surface area contributed by atoms with E-state index in [0.29, 0.717) is 11.8 Å². The summed E-state index contributed by atoms with van der Waals surface area (Å²) in [5.74, 6) is 1.12. The van der Waals surface area contributed by atoms with Crippen LogP contribution >= 0.6 is 11.3 Å². The van der Waals surface area contributed by atoms with Crippen molar-refractivity contribution >= 4 is 17.2 Å². The van der Waals surface area contributed by atoms with Crippen LogP contribution in [-0.4, -0.2) is 68.3 Å². The summed E-state index contributed by atoms with van der Waals surface area (Å²) < 4.78 is 7.12. The summed E-state index contributed by atoms with van der Waals surface area (Å²) in [6, 6.07) is 0.0324. The molecule has 1 aliphatic carbocycles. The first-order valence-corrected chi connectivity index (χ1v) is 9.73. The predicted octanol–water partition coefficient (Wildman–Crippen LogP) is 0.171. The van der Waals surface area contributed by atoms with Gasteiger partial charge in [-0.05, 0) is 35.1 Å². The summed E-state index contributed by atoms with van der Waals surface area (Å²) in [5.41, 5.74) is 0. The lowest BCUT2D eigenvalue weighted by molar-refractivity contribution is -0.124. The fourth-order valence-electron chi connectivity index (χ4n) is 4.23. The second-order valence-electron chi connectivity index (χ2n) is 7.07. The van der Waals surface area contributed by atoms with Crippen molar-refractivity contribution < 1.29 is 9.53 Å². The molecular formula is C16H23N7O2S. The Bertz CT molecular complexity index is 708. The van der Waals surface area contributed by atoms with Crippen LogP contribution in [0.15, 0.2) is 17.9 Å². The fourth-order valence-corrected chi connectivity index (χ4v) is 4.88. The Kier molecular flexibility index (Phi) is 5.23. The lowest BCUT2D eigenvalue weighted by atomic mass is 9.77. The van der Waals surface area contributed by atoms with Crippen molar-refractivity contribution in [3.05, 3.63) is 22.9 Å². The van der Waals surface area contributed by atoms with Gasteiger partial charge in [0.2, 0.25) is 5.91 Å².